The Balaban J connectivity index is 2.77. The molecule has 0 aliphatic heterocycles. The molecule has 0 radical (unpaired) electrons. The molecule has 1 aromatic heterocycles. The Bertz CT molecular complexity index is 533. The van der Waals surface area contributed by atoms with Crippen LogP contribution < -0.4 is 16.4 Å². The molecule has 4 N–H and O–H groups in total. The van der Waals surface area contributed by atoms with Crippen molar-refractivity contribution < 1.29 is 19.2 Å². The molecule has 0 unspecified atom stereocenters. The normalized spacial score (nSPS) is 9.65. The Morgan fingerprint density at radius 2 is 2.25 bits per heavy atom. The highest BCUT2D eigenvalue weighted by atomic mass is 16.6. The van der Waals surface area contributed by atoms with Crippen LogP contribution >= 0.6 is 0 Å². The molecule has 0 spiro atoms. The summed E-state index contributed by atoms with van der Waals surface area (Å²) in [5.74, 6) is -0.387. The van der Waals surface area contributed by atoms with E-state index in [9.17, 15) is 19.7 Å². The van der Waals surface area contributed by atoms with Gasteiger partial charge in [-0.2, -0.15) is 0 Å². The van der Waals surface area contributed by atoms with Crippen LogP contribution in [0.5, 0.6) is 0 Å². The number of ether oxygens (including phenoxy) is 1. The molecular weight excluding hydrogens is 270 g/mol. The van der Waals surface area contributed by atoms with Crippen molar-refractivity contribution in [2.75, 3.05) is 25.5 Å². The number of hydrogen-bond donors (Lipinski definition) is 3. The van der Waals surface area contributed by atoms with Gasteiger partial charge in [-0.15, -0.1) is 0 Å². The second kappa shape index (κ2) is 6.87. The lowest BCUT2D eigenvalue weighted by Crippen LogP contribution is -2.29. The summed E-state index contributed by atoms with van der Waals surface area (Å²) >= 11 is 0. The molecule has 10 nitrogen and oxygen atoms in total. The van der Waals surface area contributed by atoms with Crippen molar-refractivity contribution in [3.63, 3.8) is 0 Å². The molecule has 0 fully saturated rings. The van der Waals surface area contributed by atoms with Gasteiger partial charge in [-0.1, -0.05) is 0 Å². The van der Waals surface area contributed by atoms with Gasteiger partial charge in [-0.25, -0.2) is 9.78 Å². The number of primary amides is 1. The molecule has 0 aromatic carbocycles. The fourth-order valence-electron chi connectivity index (χ4n) is 1.34. The number of anilines is 1. The van der Waals surface area contributed by atoms with Crippen LogP contribution in [0.1, 0.15) is 10.4 Å². The van der Waals surface area contributed by atoms with Gasteiger partial charge >= 0.3 is 6.09 Å². The molecule has 1 rings (SSSR count). The summed E-state index contributed by atoms with van der Waals surface area (Å²) in [4.78, 5) is 36.0. The quantitative estimate of drug-likeness (QED) is 0.373. The zero-order valence-electron chi connectivity index (χ0n) is 10.6. The van der Waals surface area contributed by atoms with Crippen LogP contribution in [-0.2, 0) is 4.74 Å². The molecule has 0 aliphatic carbocycles. The van der Waals surface area contributed by atoms with Crippen molar-refractivity contribution in [1.29, 1.82) is 0 Å². The van der Waals surface area contributed by atoms with Gasteiger partial charge in [0.15, 0.2) is 0 Å². The minimum Gasteiger partial charge on any atom is -0.448 e. The van der Waals surface area contributed by atoms with Crippen molar-refractivity contribution in [2.24, 2.45) is 5.73 Å². The number of nitro groups is 1. The molecule has 1 heterocycles. The highest BCUT2D eigenvalue weighted by molar-refractivity contribution is 5.99. The Morgan fingerprint density at radius 3 is 2.80 bits per heavy atom. The number of carbonyl (C=O) groups is 2. The van der Waals surface area contributed by atoms with E-state index in [-0.39, 0.29) is 30.2 Å². The maximum Gasteiger partial charge on any atom is 0.404 e. The fourth-order valence-corrected chi connectivity index (χ4v) is 1.34. The van der Waals surface area contributed by atoms with Crippen molar-refractivity contribution in [3.05, 3.63) is 27.9 Å². The molecule has 108 valence electrons. The van der Waals surface area contributed by atoms with Gasteiger partial charge in [0.05, 0.1) is 17.0 Å². The van der Waals surface area contributed by atoms with Crippen molar-refractivity contribution in [2.45, 2.75) is 0 Å². The van der Waals surface area contributed by atoms with E-state index in [4.69, 9.17) is 5.73 Å². The van der Waals surface area contributed by atoms with Crippen molar-refractivity contribution in [3.8, 4) is 0 Å². The maximum atomic E-state index is 11.9. The summed E-state index contributed by atoms with van der Waals surface area (Å²) < 4.78 is 4.43. The highest BCUT2D eigenvalue weighted by Crippen LogP contribution is 2.18. The topological polar surface area (TPSA) is 149 Å². The van der Waals surface area contributed by atoms with E-state index in [0.717, 1.165) is 12.3 Å². The smallest absolute Gasteiger partial charge is 0.404 e. The van der Waals surface area contributed by atoms with Gasteiger partial charge < -0.3 is 21.1 Å². The summed E-state index contributed by atoms with van der Waals surface area (Å²) in [6, 6.07) is 1.10. The Kier molecular flexibility index (Phi) is 5.21. The summed E-state index contributed by atoms with van der Waals surface area (Å²) in [6.45, 7) is -0.0774. The fraction of sp³-hybridized carbons (Fsp3) is 0.300. The molecule has 0 bridgehead atoms. The third kappa shape index (κ3) is 4.08. The zero-order chi connectivity index (χ0) is 15.1. The number of nitrogens with zero attached hydrogens (tertiary/aromatic N) is 2. The molecule has 20 heavy (non-hydrogen) atoms. The first-order valence-electron chi connectivity index (χ1n) is 5.48. The number of hydrogen-bond acceptors (Lipinski definition) is 7. The average molecular weight is 283 g/mol. The number of aromatic nitrogens is 1. The monoisotopic (exact) mass is 283 g/mol. The Labute approximate surface area is 113 Å². The number of rotatable bonds is 6. The minimum atomic E-state index is -0.952. The highest BCUT2D eigenvalue weighted by Gasteiger charge is 2.17. The molecule has 2 amide bonds. The van der Waals surface area contributed by atoms with Crippen molar-refractivity contribution >= 4 is 23.5 Å². The molecule has 1 aromatic rings. The van der Waals surface area contributed by atoms with Gasteiger partial charge in [0, 0.05) is 13.1 Å². The van der Waals surface area contributed by atoms with E-state index in [0.29, 0.717) is 0 Å². The average Bonchev–Trinajstić information content (AvgIpc) is 2.42. The maximum absolute atomic E-state index is 11.9. The summed E-state index contributed by atoms with van der Waals surface area (Å²) in [6.07, 6.45) is 0.0888. The summed E-state index contributed by atoms with van der Waals surface area (Å²) in [7, 11) is 1.53. The lowest BCUT2D eigenvalue weighted by molar-refractivity contribution is -0.385. The second-order valence-electron chi connectivity index (χ2n) is 3.52. The minimum absolute atomic E-state index is 0.0146. The predicted octanol–water partition coefficient (Wildman–Crippen LogP) is -0.143. The van der Waals surface area contributed by atoms with E-state index in [2.05, 4.69) is 20.4 Å². The van der Waals surface area contributed by atoms with E-state index in [1.54, 1.807) is 0 Å². The van der Waals surface area contributed by atoms with Gasteiger partial charge in [0.25, 0.3) is 11.6 Å². The third-order valence-electron chi connectivity index (χ3n) is 2.20. The molecule has 0 atom stereocenters. The van der Waals surface area contributed by atoms with Crippen LogP contribution in [0, 0.1) is 10.1 Å². The number of carbonyl (C=O) groups excluding carboxylic acids is 2. The Morgan fingerprint density at radius 1 is 1.55 bits per heavy atom. The first kappa shape index (κ1) is 15.1. The number of nitrogens with one attached hydrogen (secondary N) is 2. The molecule has 0 saturated heterocycles. The van der Waals surface area contributed by atoms with Crippen LogP contribution in [0.2, 0.25) is 0 Å². The van der Waals surface area contributed by atoms with E-state index in [1.165, 1.54) is 7.05 Å². The van der Waals surface area contributed by atoms with Crippen LogP contribution in [-0.4, -0.2) is 42.1 Å². The number of nitrogens with two attached hydrogens (primary N) is 1. The van der Waals surface area contributed by atoms with Gasteiger partial charge in [0.1, 0.15) is 18.6 Å². The van der Waals surface area contributed by atoms with E-state index >= 15 is 0 Å². The van der Waals surface area contributed by atoms with Crippen LogP contribution in [0.15, 0.2) is 12.3 Å². The zero-order valence-corrected chi connectivity index (χ0v) is 10.6. The Hall–Kier alpha value is -2.91. The van der Waals surface area contributed by atoms with Gasteiger partial charge in [-0.3, -0.25) is 14.9 Å². The lowest BCUT2D eigenvalue weighted by Gasteiger charge is -2.08. The van der Waals surface area contributed by atoms with Crippen LogP contribution in [0.25, 0.3) is 0 Å². The molecule has 0 aliphatic rings. The first-order valence-corrected chi connectivity index (χ1v) is 5.48. The van der Waals surface area contributed by atoms with Gasteiger partial charge in [0.2, 0.25) is 0 Å². The van der Waals surface area contributed by atoms with Crippen LogP contribution in [0.4, 0.5) is 16.3 Å². The first-order chi connectivity index (χ1) is 9.45. The SMILES string of the molecule is CNc1ncc([N+](=O)[O-])cc1C(=O)NCCOC(N)=O. The van der Waals surface area contributed by atoms with Crippen LogP contribution in [0.3, 0.4) is 0 Å². The molecular formula is C10H13N5O5. The number of pyridine rings is 1. The molecule has 0 saturated carbocycles. The second-order valence-corrected chi connectivity index (χ2v) is 3.52. The predicted molar refractivity (Wildman–Crippen MR) is 68.3 cm³/mol. The number of amides is 2. The summed E-state index contributed by atoms with van der Waals surface area (Å²) in [5, 5.41) is 15.7. The van der Waals surface area contributed by atoms with Gasteiger partial charge in [-0.05, 0) is 0 Å². The standard InChI is InChI=1S/C10H13N5O5/c1-12-8-7(4-6(5-14-8)15(18)19)9(16)13-2-3-20-10(11)17/h4-5H,2-3H2,1H3,(H2,11,17)(H,12,14)(H,13,16). The largest absolute Gasteiger partial charge is 0.448 e. The van der Waals surface area contributed by atoms with Crippen molar-refractivity contribution in [1.82, 2.24) is 10.3 Å². The van der Waals surface area contributed by atoms with E-state index in [1.807, 2.05) is 0 Å². The summed E-state index contributed by atoms with van der Waals surface area (Å²) in [5.41, 5.74) is 4.46. The third-order valence-corrected chi connectivity index (χ3v) is 2.20. The molecule has 10 heteroatoms. The van der Waals surface area contributed by atoms with E-state index < -0.39 is 16.9 Å². The lowest BCUT2D eigenvalue weighted by atomic mass is 10.2.